The summed E-state index contributed by atoms with van der Waals surface area (Å²) in [7, 11) is 0. The number of benzene rings is 1. The number of carbonyl (C=O) groups is 1. The molecule has 8 heteroatoms. The first-order valence-electron chi connectivity index (χ1n) is 7.58. The van der Waals surface area contributed by atoms with Crippen LogP contribution in [0.3, 0.4) is 0 Å². The van der Waals surface area contributed by atoms with Crippen LogP contribution in [0.2, 0.25) is 0 Å². The van der Waals surface area contributed by atoms with Crippen LogP contribution in [-0.4, -0.2) is 22.4 Å². The second kappa shape index (κ2) is 7.18. The summed E-state index contributed by atoms with van der Waals surface area (Å²) in [6.07, 6.45) is 0.562. The van der Waals surface area contributed by atoms with Crippen LogP contribution in [0, 0.1) is 0 Å². The lowest BCUT2D eigenvalue weighted by Gasteiger charge is -2.04. The minimum absolute atomic E-state index is 0.163. The van der Waals surface area contributed by atoms with Gasteiger partial charge in [-0.3, -0.25) is 9.78 Å². The fraction of sp³-hybridized carbons (Fsp3) is 0.235. The van der Waals surface area contributed by atoms with E-state index in [2.05, 4.69) is 15.3 Å². The molecule has 3 rings (SSSR count). The molecule has 3 aromatic rings. The summed E-state index contributed by atoms with van der Waals surface area (Å²) in [6, 6.07) is 7.11. The van der Waals surface area contributed by atoms with Gasteiger partial charge in [-0.1, -0.05) is 6.07 Å². The molecule has 0 aliphatic carbocycles. The molecule has 1 amide bonds. The number of nitrogens with zero attached hydrogens (tertiary/aromatic N) is 2. The predicted molar refractivity (Wildman–Crippen MR) is 89.5 cm³/mol. The fourth-order valence-electron chi connectivity index (χ4n) is 2.32. The molecule has 0 spiro atoms. The van der Waals surface area contributed by atoms with E-state index in [1.54, 1.807) is 12.4 Å². The van der Waals surface area contributed by atoms with Gasteiger partial charge in [0.15, 0.2) is 5.01 Å². The van der Waals surface area contributed by atoms with Crippen LogP contribution < -0.4 is 5.32 Å². The lowest BCUT2D eigenvalue weighted by atomic mass is 10.1. The molecule has 0 fully saturated rings. The van der Waals surface area contributed by atoms with E-state index in [4.69, 9.17) is 0 Å². The van der Waals surface area contributed by atoms with Gasteiger partial charge in [-0.25, -0.2) is 4.98 Å². The molecular formula is C17H14F3N3OS. The third-order valence-electron chi connectivity index (χ3n) is 3.56. The van der Waals surface area contributed by atoms with Crippen LogP contribution in [0.25, 0.3) is 10.2 Å². The first-order chi connectivity index (χ1) is 11.9. The minimum Gasteiger partial charge on any atom is -0.350 e. The Balaban J connectivity index is 1.60. The molecule has 0 bridgehead atoms. The van der Waals surface area contributed by atoms with Crippen LogP contribution in [-0.2, 0) is 12.6 Å². The first kappa shape index (κ1) is 17.3. The molecule has 0 unspecified atom stereocenters. The Morgan fingerprint density at radius 3 is 2.80 bits per heavy atom. The maximum absolute atomic E-state index is 12.7. The van der Waals surface area contributed by atoms with E-state index >= 15 is 0 Å². The number of aryl methyl sites for hydroxylation is 1. The molecule has 0 radical (unpaired) electrons. The second-order valence-corrected chi connectivity index (χ2v) is 6.45. The van der Waals surface area contributed by atoms with Crippen molar-refractivity contribution >= 4 is 27.5 Å². The summed E-state index contributed by atoms with van der Waals surface area (Å²) in [6.45, 7) is 0.456. The van der Waals surface area contributed by atoms with Crippen molar-refractivity contribution < 1.29 is 18.0 Å². The molecule has 2 aromatic heterocycles. The number of thiazole rings is 1. The first-order valence-corrected chi connectivity index (χ1v) is 8.40. The predicted octanol–water partition coefficient (Wildman–Crippen LogP) is 4.07. The third-order valence-corrected chi connectivity index (χ3v) is 4.59. The van der Waals surface area contributed by atoms with Gasteiger partial charge in [0.2, 0.25) is 0 Å². The summed E-state index contributed by atoms with van der Waals surface area (Å²) < 4.78 is 38.7. The zero-order valence-electron chi connectivity index (χ0n) is 13.0. The number of carbonyl (C=O) groups excluding carboxylic acids is 1. The Hall–Kier alpha value is -2.48. The monoisotopic (exact) mass is 365 g/mol. The maximum Gasteiger partial charge on any atom is 0.416 e. The minimum atomic E-state index is -4.42. The van der Waals surface area contributed by atoms with Gasteiger partial charge >= 0.3 is 6.18 Å². The van der Waals surface area contributed by atoms with Crippen LogP contribution in [0.15, 0.2) is 42.7 Å². The summed E-state index contributed by atoms with van der Waals surface area (Å²) in [4.78, 5) is 20.1. The Morgan fingerprint density at radius 1 is 1.24 bits per heavy atom. The number of nitrogens with one attached hydrogen (secondary N) is 1. The van der Waals surface area contributed by atoms with Crippen molar-refractivity contribution in [2.75, 3.05) is 6.54 Å². The van der Waals surface area contributed by atoms with E-state index in [1.165, 1.54) is 6.07 Å². The van der Waals surface area contributed by atoms with Gasteiger partial charge in [0, 0.05) is 18.9 Å². The molecule has 0 atom stereocenters. The average molecular weight is 365 g/mol. The number of fused-ring (bicyclic) bond motifs is 1. The SMILES string of the molecule is O=C(NCCCc1cccnc1)c1nc2cc(C(F)(F)F)ccc2s1. The zero-order chi connectivity index (χ0) is 17.9. The second-order valence-electron chi connectivity index (χ2n) is 5.42. The van der Waals surface area contributed by atoms with Crippen LogP contribution in [0.5, 0.6) is 0 Å². The third kappa shape index (κ3) is 4.33. The molecule has 25 heavy (non-hydrogen) atoms. The number of hydrogen-bond donors (Lipinski definition) is 1. The van der Waals surface area contributed by atoms with Crippen molar-refractivity contribution in [2.24, 2.45) is 0 Å². The largest absolute Gasteiger partial charge is 0.416 e. The molecule has 0 aliphatic heterocycles. The maximum atomic E-state index is 12.7. The topological polar surface area (TPSA) is 54.9 Å². The Kier molecular flexibility index (Phi) is 4.98. The van der Waals surface area contributed by atoms with Crippen molar-refractivity contribution in [2.45, 2.75) is 19.0 Å². The Morgan fingerprint density at radius 2 is 2.08 bits per heavy atom. The summed E-state index contributed by atoms with van der Waals surface area (Å²) in [5, 5.41) is 2.90. The number of hydrogen-bond acceptors (Lipinski definition) is 4. The molecule has 0 saturated carbocycles. The van der Waals surface area contributed by atoms with Gasteiger partial charge in [-0.05, 0) is 42.7 Å². The highest BCUT2D eigenvalue weighted by atomic mass is 32.1. The number of alkyl halides is 3. The van der Waals surface area contributed by atoms with E-state index in [9.17, 15) is 18.0 Å². The van der Waals surface area contributed by atoms with Crippen molar-refractivity contribution in [3.8, 4) is 0 Å². The molecule has 4 nitrogen and oxygen atoms in total. The van der Waals surface area contributed by atoms with E-state index in [-0.39, 0.29) is 16.4 Å². The number of rotatable bonds is 5. The van der Waals surface area contributed by atoms with Gasteiger partial charge in [0.1, 0.15) is 0 Å². The van der Waals surface area contributed by atoms with Crippen LogP contribution >= 0.6 is 11.3 Å². The van der Waals surface area contributed by atoms with Crippen LogP contribution in [0.1, 0.15) is 27.3 Å². The van der Waals surface area contributed by atoms with Crippen LogP contribution in [0.4, 0.5) is 13.2 Å². The van der Waals surface area contributed by atoms with Crippen molar-refractivity contribution in [1.82, 2.24) is 15.3 Å². The standard InChI is InChI=1S/C17H14F3N3OS/c18-17(19,20)12-5-6-14-13(9-12)23-16(25-14)15(24)22-8-2-4-11-3-1-7-21-10-11/h1,3,5-7,9-10H,2,4,8H2,(H,22,24). The molecule has 1 aromatic carbocycles. The average Bonchev–Trinajstić information content (AvgIpc) is 3.02. The van der Waals surface area contributed by atoms with E-state index in [0.29, 0.717) is 11.2 Å². The lowest BCUT2D eigenvalue weighted by Crippen LogP contribution is -2.24. The molecule has 0 aliphatic rings. The quantitative estimate of drug-likeness (QED) is 0.694. The molecular weight excluding hydrogens is 351 g/mol. The Bertz CT molecular complexity index is 878. The number of halogens is 3. The van der Waals surface area contributed by atoms with Crippen molar-refractivity contribution in [3.05, 3.63) is 58.9 Å². The zero-order valence-corrected chi connectivity index (χ0v) is 13.8. The van der Waals surface area contributed by atoms with Gasteiger partial charge in [0.05, 0.1) is 15.8 Å². The van der Waals surface area contributed by atoms with Gasteiger partial charge in [-0.15, -0.1) is 11.3 Å². The number of pyridine rings is 1. The molecule has 2 heterocycles. The van der Waals surface area contributed by atoms with Crippen molar-refractivity contribution in [3.63, 3.8) is 0 Å². The number of amides is 1. The summed E-state index contributed by atoms with van der Waals surface area (Å²) in [5.74, 6) is -0.374. The van der Waals surface area contributed by atoms with Crippen molar-refractivity contribution in [1.29, 1.82) is 0 Å². The summed E-state index contributed by atoms with van der Waals surface area (Å²) >= 11 is 1.08. The highest BCUT2D eigenvalue weighted by Gasteiger charge is 2.31. The van der Waals surface area contributed by atoms with Gasteiger partial charge in [0.25, 0.3) is 5.91 Å². The van der Waals surface area contributed by atoms with E-state index in [0.717, 1.165) is 41.9 Å². The summed E-state index contributed by atoms with van der Waals surface area (Å²) in [5.41, 5.74) is 0.491. The molecule has 130 valence electrons. The van der Waals surface area contributed by atoms with Gasteiger partial charge < -0.3 is 5.32 Å². The Labute approximate surface area is 145 Å². The van der Waals surface area contributed by atoms with E-state index < -0.39 is 11.7 Å². The highest BCUT2D eigenvalue weighted by molar-refractivity contribution is 7.20. The fourth-order valence-corrected chi connectivity index (χ4v) is 3.18. The molecule has 1 N–H and O–H groups in total. The van der Waals surface area contributed by atoms with Gasteiger partial charge in [-0.2, -0.15) is 13.2 Å². The number of aromatic nitrogens is 2. The smallest absolute Gasteiger partial charge is 0.350 e. The normalized spacial score (nSPS) is 11.6. The van der Waals surface area contributed by atoms with E-state index in [1.807, 2.05) is 12.1 Å². The molecule has 0 saturated heterocycles. The highest BCUT2D eigenvalue weighted by Crippen LogP contribution is 2.32. The lowest BCUT2D eigenvalue weighted by molar-refractivity contribution is -0.137.